The fraction of sp³-hybridized carbons (Fsp3) is 0.400. The first-order valence-corrected chi connectivity index (χ1v) is 10.8. The van der Waals surface area contributed by atoms with Crippen LogP contribution in [0, 0.1) is 0 Å². The maximum atomic E-state index is 12.5. The number of benzene rings is 1. The molecule has 1 amide bonds. The molecule has 1 aromatic heterocycles. The lowest BCUT2D eigenvalue weighted by atomic mass is 10.1. The van der Waals surface area contributed by atoms with Crippen LogP contribution in [0.2, 0.25) is 0 Å². The summed E-state index contributed by atoms with van der Waals surface area (Å²) in [6.45, 7) is 4.24. The molecule has 1 aliphatic rings. The Morgan fingerprint density at radius 2 is 1.96 bits per heavy atom. The molecule has 0 radical (unpaired) electrons. The molecule has 0 bridgehead atoms. The van der Waals surface area contributed by atoms with Crippen molar-refractivity contribution < 1.29 is 14.3 Å². The van der Waals surface area contributed by atoms with Crippen molar-refractivity contribution in [3.8, 4) is 0 Å². The van der Waals surface area contributed by atoms with E-state index in [2.05, 4.69) is 12.2 Å². The van der Waals surface area contributed by atoms with E-state index < -0.39 is 0 Å². The fourth-order valence-corrected chi connectivity index (χ4v) is 5.09. The van der Waals surface area contributed by atoms with Crippen LogP contribution in [0.5, 0.6) is 0 Å². The van der Waals surface area contributed by atoms with E-state index in [-0.39, 0.29) is 11.9 Å². The summed E-state index contributed by atoms with van der Waals surface area (Å²) in [6.07, 6.45) is 3.21. The number of rotatable bonds is 7. The summed E-state index contributed by atoms with van der Waals surface area (Å²) in [4.78, 5) is 27.2. The highest BCUT2D eigenvalue weighted by atomic mass is 32.2. The average molecular weight is 390 g/mol. The molecule has 1 aromatic carbocycles. The topological polar surface area (TPSA) is 55.4 Å². The lowest BCUT2D eigenvalue weighted by molar-refractivity contribution is -0.115. The Bertz CT molecular complexity index is 796. The highest BCUT2D eigenvalue weighted by molar-refractivity contribution is 7.99. The van der Waals surface area contributed by atoms with Gasteiger partial charge in [0.25, 0.3) is 0 Å². The summed E-state index contributed by atoms with van der Waals surface area (Å²) in [7, 11) is 0. The zero-order valence-electron chi connectivity index (χ0n) is 15.1. The Balaban J connectivity index is 1.72. The molecule has 4 nitrogen and oxygen atoms in total. The minimum atomic E-state index is -0.330. The maximum absolute atomic E-state index is 12.5. The number of aryl methyl sites for hydroxylation is 1. The van der Waals surface area contributed by atoms with Gasteiger partial charge in [-0.05, 0) is 55.2 Å². The SMILES string of the molecule is CCOC(=O)c1c(NC(=O)Cc2ccc(SCC)cc2)sc2c1CCC2. The first-order chi connectivity index (χ1) is 12.6. The lowest BCUT2D eigenvalue weighted by Gasteiger charge is -2.08. The van der Waals surface area contributed by atoms with Crippen molar-refractivity contribution >= 4 is 40.0 Å². The highest BCUT2D eigenvalue weighted by Crippen LogP contribution is 2.39. The molecule has 0 saturated heterocycles. The van der Waals surface area contributed by atoms with E-state index >= 15 is 0 Å². The third-order valence-corrected chi connectivity index (χ3v) is 6.35. The van der Waals surface area contributed by atoms with Gasteiger partial charge in [0, 0.05) is 9.77 Å². The van der Waals surface area contributed by atoms with Gasteiger partial charge in [0.15, 0.2) is 0 Å². The third-order valence-electron chi connectivity index (χ3n) is 4.25. The fourth-order valence-electron chi connectivity index (χ4n) is 3.14. The van der Waals surface area contributed by atoms with Gasteiger partial charge in [-0.1, -0.05) is 19.1 Å². The second kappa shape index (κ2) is 8.73. The van der Waals surface area contributed by atoms with Crippen molar-refractivity contribution in [2.24, 2.45) is 0 Å². The van der Waals surface area contributed by atoms with Crippen LogP contribution < -0.4 is 5.32 Å². The molecule has 26 heavy (non-hydrogen) atoms. The largest absolute Gasteiger partial charge is 0.462 e. The first-order valence-electron chi connectivity index (χ1n) is 8.95. The zero-order valence-corrected chi connectivity index (χ0v) is 16.7. The molecule has 0 fully saturated rings. The molecule has 0 aliphatic heterocycles. The zero-order chi connectivity index (χ0) is 18.5. The predicted octanol–water partition coefficient (Wildman–Crippen LogP) is 4.71. The lowest BCUT2D eigenvalue weighted by Crippen LogP contribution is -2.16. The van der Waals surface area contributed by atoms with Gasteiger partial charge < -0.3 is 10.1 Å². The van der Waals surface area contributed by atoms with E-state index in [0.29, 0.717) is 23.6 Å². The molecule has 1 N–H and O–H groups in total. The van der Waals surface area contributed by atoms with Gasteiger partial charge in [-0.2, -0.15) is 0 Å². The molecule has 0 atom stereocenters. The number of amides is 1. The normalized spacial score (nSPS) is 12.7. The van der Waals surface area contributed by atoms with Gasteiger partial charge in [-0.25, -0.2) is 4.79 Å². The monoisotopic (exact) mass is 389 g/mol. The Labute approximate surface area is 162 Å². The van der Waals surface area contributed by atoms with Crippen molar-refractivity contribution in [2.75, 3.05) is 17.7 Å². The molecule has 2 aromatic rings. The summed E-state index contributed by atoms with van der Waals surface area (Å²) in [6, 6.07) is 8.05. The van der Waals surface area contributed by atoms with Crippen molar-refractivity contribution in [1.29, 1.82) is 0 Å². The average Bonchev–Trinajstić information content (AvgIpc) is 3.17. The molecule has 138 valence electrons. The number of nitrogens with one attached hydrogen (secondary N) is 1. The molecule has 1 aliphatic carbocycles. The first kappa shape index (κ1) is 19.0. The Morgan fingerprint density at radius 1 is 1.19 bits per heavy atom. The van der Waals surface area contributed by atoms with E-state index in [4.69, 9.17) is 4.74 Å². The predicted molar refractivity (Wildman–Crippen MR) is 107 cm³/mol. The Hall–Kier alpha value is -1.79. The van der Waals surface area contributed by atoms with Crippen molar-refractivity contribution in [1.82, 2.24) is 0 Å². The second-order valence-electron chi connectivity index (χ2n) is 6.08. The quantitative estimate of drug-likeness (QED) is 0.550. The number of fused-ring (bicyclic) bond motifs is 1. The van der Waals surface area contributed by atoms with E-state index in [1.807, 2.05) is 24.3 Å². The van der Waals surface area contributed by atoms with Crippen LogP contribution in [0.4, 0.5) is 5.00 Å². The van der Waals surface area contributed by atoms with Crippen LogP contribution in [0.1, 0.15) is 46.6 Å². The summed E-state index contributed by atoms with van der Waals surface area (Å²) >= 11 is 3.29. The van der Waals surface area contributed by atoms with Crippen LogP contribution in [-0.4, -0.2) is 24.2 Å². The van der Waals surface area contributed by atoms with E-state index in [1.165, 1.54) is 21.1 Å². The number of thioether (sulfide) groups is 1. The molecule has 0 spiro atoms. The van der Waals surface area contributed by atoms with Crippen LogP contribution in [0.15, 0.2) is 29.2 Å². The van der Waals surface area contributed by atoms with E-state index in [1.54, 1.807) is 18.7 Å². The van der Waals surface area contributed by atoms with Gasteiger partial charge >= 0.3 is 5.97 Å². The van der Waals surface area contributed by atoms with Crippen LogP contribution in [0.3, 0.4) is 0 Å². The number of carbonyl (C=O) groups is 2. The minimum Gasteiger partial charge on any atom is -0.462 e. The number of anilines is 1. The van der Waals surface area contributed by atoms with E-state index in [9.17, 15) is 9.59 Å². The van der Waals surface area contributed by atoms with Gasteiger partial charge in [-0.15, -0.1) is 23.1 Å². The molecule has 3 rings (SSSR count). The Morgan fingerprint density at radius 3 is 2.65 bits per heavy atom. The maximum Gasteiger partial charge on any atom is 0.341 e. The molecule has 0 unspecified atom stereocenters. The van der Waals surface area contributed by atoms with Gasteiger partial charge in [0.2, 0.25) is 5.91 Å². The number of hydrogen-bond donors (Lipinski definition) is 1. The minimum absolute atomic E-state index is 0.105. The number of ether oxygens (including phenoxy) is 1. The molecule has 6 heteroatoms. The number of thiophene rings is 1. The van der Waals surface area contributed by atoms with Crippen molar-refractivity contribution in [2.45, 2.75) is 44.4 Å². The molecular weight excluding hydrogens is 366 g/mol. The molecule has 0 saturated carbocycles. The smallest absolute Gasteiger partial charge is 0.341 e. The summed E-state index contributed by atoms with van der Waals surface area (Å²) < 4.78 is 5.20. The van der Waals surface area contributed by atoms with Gasteiger partial charge in [0.05, 0.1) is 18.6 Å². The third kappa shape index (κ3) is 4.30. The number of esters is 1. The Kier molecular flexibility index (Phi) is 6.38. The molecule has 1 heterocycles. The van der Waals surface area contributed by atoms with Gasteiger partial charge in [0.1, 0.15) is 5.00 Å². The standard InChI is InChI=1S/C20H23NO3S2/c1-3-24-20(23)18-15-6-5-7-16(15)26-19(18)21-17(22)12-13-8-10-14(11-9-13)25-4-2/h8-11H,3-7,12H2,1-2H3,(H,21,22). The summed E-state index contributed by atoms with van der Waals surface area (Å²) in [5.41, 5.74) is 2.59. The van der Waals surface area contributed by atoms with Crippen molar-refractivity contribution in [3.63, 3.8) is 0 Å². The summed E-state index contributed by atoms with van der Waals surface area (Å²) in [5, 5.41) is 3.58. The van der Waals surface area contributed by atoms with E-state index in [0.717, 1.165) is 36.1 Å². The second-order valence-corrected chi connectivity index (χ2v) is 8.53. The number of hydrogen-bond acceptors (Lipinski definition) is 5. The molecular formula is C20H23NO3S2. The van der Waals surface area contributed by atoms with Crippen LogP contribution in [0.25, 0.3) is 0 Å². The highest BCUT2D eigenvalue weighted by Gasteiger charge is 2.28. The van der Waals surface area contributed by atoms with Crippen molar-refractivity contribution in [3.05, 3.63) is 45.8 Å². The van der Waals surface area contributed by atoms with Crippen LogP contribution in [-0.2, 0) is 28.8 Å². The summed E-state index contributed by atoms with van der Waals surface area (Å²) in [5.74, 6) is 0.592. The van der Waals surface area contributed by atoms with Gasteiger partial charge in [-0.3, -0.25) is 4.79 Å². The number of carbonyl (C=O) groups excluding carboxylic acids is 2. The van der Waals surface area contributed by atoms with Crippen LogP contribution >= 0.6 is 23.1 Å².